The number of rotatable bonds is 5. The van der Waals surface area contributed by atoms with Gasteiger partial charge in [-0.25, -0.2) is 8.42 Å². The lowest BCUT2D eigenvalue weighted by Crippen LogP contribution is -2.53. The predicted octanol–water partition coefficient (Wildman–Crippen LogP) is 0.834. The third-order valence-electron chi connectivity index (χ3n) is 5.56. The SMILES string of the molecule is CN=C(NCc1nnc2n1CCCCC2)N1CCN(S(=O)(=O)Cc2ccon2)CC1.I. The highest BCUT2D eigenvalue weighted by atomic mass is 127. The summed E-state index contributed by atoms with van der Waals surface area (Å²) in [7, 11) is -1.68. The van der Waals surface area contributed by atoms with Crippen LogP contribution in [0.15, 0.2) is 21.8 Å². The van der Waals surface area contributed by atoms with Gasteiger partial charge in [0, 0.05) is 52.3 Å². The summed E-state index contributed by atoms with van der Waals surface area (Å²) in [6.45, 7) is 3.44. The molecule has 0 saturated carbocycles. The fourth-order valence-electron chi connectivity index (χ4n) is 3.93. The minimum Gasteiger partial charge on any atom is -0.364 e. The van der Waals surface area contributed by atoms with Crippen LogP contribution in [0.2, 0.25) is 0 Å². The van der Waals surface area contributed by atoms with Gasteiger partial charge in [-0.15, -0.1) is 34.2 Å². The molecule has 0 unspecified atom stereocenters. The number of fused-ring (bicyclic) bond motifs is 1. The second-order valence-electron chi connectivity index (χ2n) is 7.53. The van der Waals surface area contributed by atoms with E-state index in [1.54, 1.807) is 13.1 Å². The van der Waals surface area contributed by atoms with Gasteiger partial charge < -0.3 is 19.3 Å². The molecule has 0 aliphatic carbocycles. The van der Waals surface area contributed by atoms with Crippen molar-refractivity contribution in [1.29, 1.82) is 0 Å². The smallest absolute Gasteiger partial charge is 0.220 e. The first-order chi connectivity index (χ1) is 14.6. The highest BCUT2D eigenvalue weighted by molar-refractivity contribution is 14.0. The van der Waals surface area contributed by atoms with Crippen LogP contribution in [0.1, 0.15) is 36.6 Å². The van der Waals surface area contributed by atoms with Gasteiger partial charge in [0.15, 0.2) is 11.8 Å². The molecule has 0 amide bonds. The lowest BCUT2D eigenvalue weighted by molar-refractivity contribution is 0.259. The summed E-state index contributed by atoms with van der Waals surface area (Å²) in [6.07, 6.45) is 5.90. The zero-order valence-corrected chi connectivity index (χ0v) is 20.8. The van der Waals surface area contributed by atoms with Crippen molar-refractivity contribution < 1.29 is 12.9 Å². The molecule has 0 radical (unpaired) electrons. The molecule has 1 N–H and O–H groups in total. The summed E-state index contributed by atoms with van der Waals surface area (Å²) in [5, 5.41) is 15.7. The van der Waals surface area contributed by atoms with Crippen molar-refractivity contribution in [3.05, 3.63) is 29.7 Å². The fourth-order valence-corrected chi connectivity index (χ4v) is 5.36. The van der Waals surface area contributed by atoms with Crippen molar-refractivity contribution in [3.63, 3.8) is 0 Å². The Kier molecular flexibility index (Phi) is 8.27. The third-order valence-corrected chi connectivity index (χ3v) is 7.37. The van der Waals surface area contributed by atoms with Gasteiger partial charge in [-0.3, -0.25) is 4.99 Å². The van der Waals surface area contributed by atoms with Gasteiger partial charge in [-0.1, -0.05) is 11.6 Å². The van der Waals surface area contributed by atoms with E-state index in [-0.39, 0.29) is 29.7 Å². The summed E-state index contributed by atoms with van der Waals surface area (Å²) in [6, 6.07) is 1.57. The maximum Gasteiger partial charge on any atom is 0.220 e. The van der Waals surface area contributed by atoms with Crippen LogP contribution in [0.4, 0.5) is 0 Å². The highest BCUT2D eigenvalue weighted by Gasteiger charge is 2.29. The molecule has 2 aliphatic rings. The first-order valence-corrected chi connectivity index (χ1v) is 11.9. The van der Waals surface area contributed by atoms with Crippen LogP contribution in [-0.2, 0) is 35.3 Å². The molecule has 31 heavy (non-hydrogen) atoms. The van der Waals surface area contributed by atoms with E-state index in [1.807, 2.05) is 0 Å². The Bertz CT molecular complexity index is 968. The van der Waals surface area contributed by atoms with Crippen molar-refractivity contribution in [2.24, 2.45) is 4.99 Å². The van der Waals surface area contributed by atoms with E-state index in [9.17, 15) is 8.42 Å². The molecule has 0 spiro atoms. The van der Waals surface area contributed by atoms with E-state index in [0.717, 1.165) is 43.4 Å². The first kappa shape index (κ1) is 23.9. The van der Waals surface area contributed by atoms with Crippen LogP contribution in [0.5, 0.6) is 0 Å². The summed E-state index contributed by atoms with van der Waals surface area (Å²) in [5.41, 5.74) is 0.419. The van der Waals surface area contributed by atoms with E-state index in [4.69, 9.17) is 4.52 Å². The molecule has 1 fully saturated rings. The molecule has 2 aliphatic heterocycles. The van der Waals surface area contributed by atoms with Gasteiger partial charge in [0.25, 0.3) is 0 Å². The third kappa shape index (κ3) is 5.74. The zero-order valence-electron chi connectivity index (χ0n) is 17.6. The fraction of sp³-hybridized carbons (Fsp3) is 0.667. The van der Waals surface area contributed by atoms with Crippen LogP contribution in [-0.4, -0.2) is 76.7 Å². The number of guanidine groups is 1. The van der Waals surface area contributed by atoms with Crippen molar-refractivity contribution in [1.82, 2.24) is 34.4 Å². The maximum absolute atomic E-state index is 12.6. The number of aromatic nitrogens is 4. The quantitative estimate of drug-likeness (QED) is 0.322. The predicted molar refractivity (Wildman–Crippen MR) is 125 cm³/mol. The minimum absolute atomic E-state index is 0. The molecule has 2 aromatic rings. The number of aryl methyl sites for hydroxylation is 1. The van der Waals surface area contributed by atoms with Crippen LogP contribution >= 0.6 is 24.0 Å². The molecule has 1 saturated heterocycles. The number of hydrogen-bond donors (Lipinski definition) is 1. The number of aliphatic imine (C=N–C) groups is 1. The second kappa shape index (κ2) is 10.7. The van der Waals surface area contributed by atoms with Gasteiger partial charge in [0.1, 0.15) is 17.8 Å². The maximum atomic E-state index is 12.6. The Balaban J connectivity index is 0.00000272. The van der Waals surface area contributed by atoms with Gasteiger partial charge >= 0.3 is 0 Å². The van der Waals surface area contributed by atoms with Crippen LogP contribution in [0.3, 0.4) is 0 Å². The summed E-state index contributed by atoms with van der Waals surface area (Å²) in [5.74, 6) is 2.58. The van der Waals surface area contributed by atoms with E-state index < -0.39 is 10.0 Å². The average Bonchev–Trinajstić information content (AvgIpc) is 3.32. The molecule has 172 valence electrons. The molecule has 0 bridgehead atoms. The topological polar surface area (TPSA) is 122 Å². The molecule has 0 atom stereocenters. The van der Waals surface area contributed by atoms with Crippen molar-refractivity contribution in [2.75, 3.05) is 33.2 Å². The molecule has 0 aromatic carbocycles. The Morgan fingerprint density at radius 3 is 2.68 bits per heavy atom. The number of halogens is 1. The lowest BCUT2D eigenvalue weighted by atomic mass is 10.2. The van der Waals surface area contributed by atoms with E-state index in [1.165, 1.54) is 17.0 Å². The van der Waals surface area contributed by atoms with Gasteiger partial charge in [0.05, 0.1) is 12.2 Å². The largest absolute Gasteiger partial charge is 0.364 e. The normalized spacial score (nSPS) is 18.2. The number of nitrogens with one attached hydrogen (secondary N) is 1. The van der Waals surface area contributed by atoms with Crippen LogP contribution in [0, 0.1) is 0 Å². The molecular formula is C18H29IN8O3S. The molecule has 2 aromatic heterocycles. The van der Waals surface area contributed by atoms with E-state index in [0.29, 0.717) is 38.4 Å². The van der Waals surface area contributed by atoms with Crippen LogP contribution < -0.4 is 5.32 Å². The lowest BCUT2D eigenvalue weighted by Gasteiger charge is -2.35. The minimum atomic E-state index is -3.42. The van der Waals surface area contributed by atoms with Gasteiger partial charge in [-0.2, -0.15) is 4.31 Å². The monoisotopic (exact) mass is 564 g/mol. The number of hydrogen-bond acceptors (Lipinski definition) is 7. The Labute approximate surface area is 199 Å². The van der Waals surface area contributed by atoms with Crippen molar-refractivity contribution in [3.8, 4) is 0 Å². The van der Waals surface area contributed by atoms with Gasteiger partial charge in [-0.05, 0) is 12.8 Å². The summed E-state index contributed by atoms with van der Waals surface area (Å²) < 4.78 is 33.7. The Morgan fingerprint density at radius 2 is 1.97 bits per heavy atom. The standard InChI is InChI=1S/C18H28N8O3S.HI/c1-19-18(20-13-17-22-21-16-5-3-2-4-7-26(16)17)24-8-10-25(11-9-24)30(27,28)14-15-6-12-29-23-15;/h6,12H,2-5,7-11,13-14H2,1H3,(H,19,20);1H. The summed E-state index contributed by atoms with van der Waals surface area (Å²) >= 11 is 0. The van der Waals surface area contributed by atoms with Gasteiger partial charge in [0.2, 0.25) is 10.0 Å². The van der Waals surface area contributed by atoms with E-state index >= 15 is 0 Å². The molecule has 4 rings (SSSR count). The molecule has 13 heteroatoms. The number of piperazine rings is 1. The highest BCUT2D eigenvalue weighted by Crippen LogP contribution is 2.15. The first-order valence-electron chi connectivity index (χ1n) is 10.3. The molecule has 4 heterocycles. The number of nitrogens with zero attached hydrogens (tertiary/aromatic N) is 7. The van der Waals surface area contributed by atoms with Crippen molar-refractivity contribution >= 4 is 40.0 Å². The number of sulfonamides is 1. The van der Waals surface area contributed by atoms with Crippen molar-refractivity contribution in [2.45, 2.75) is 44.5 Å². The molecule has 11 nitrogen and oxygen atoms in total. The van der Waals surface area contributed by atoms with Crippen LogP contribution in [0.25, 0.3) is 0 Å². The second-order valence-corrected chi connectivity index (χ2v) is 9.50. The Hall–Kier alpha value is -1.74. The zero-order chi connectivity index (χ0) is 21.0. The summed E-state index contributed by atoms with van der Waals surface area (Å²) in [4.78, 5) is 6.44. The van der Waals surface area contributed by atoms with E-state index in [2.05, 4.69) is 35.1 Å². The molecular weight excluding hydrogens is 535 g/mol. The average molecular weight is 564 g/mol. The Morgan fingerprint density at radius 1 is 1.16 bits per heavy atom.